The van der Waals surface area contributed by atoms with Crippen LogP contribution < -0.4 is 10.1 Å². The Morgan fingerprint density at radius 3 is 2.67 bits per heavy atom. The molecule has 1 N–H and O–H groups in total. The van der Waals surface area contributed by atoms with Gasteiger partial charge in [0.1, 0.15) is 24.0 Å². The van der Waals surface area contributed by atoms with Crippen LogP contribution in [-0.4, -0.2) is 15.0 Å². The second-order valence-electron chi connectivity index (χ2n) is 4.77. The van der Waals surface area contributed by atoms with E-state index in [4.69, 9.17) is 21.6 Å². The zero-order valence-corrected chi connectivity index (χ0v) is 13.2. The van der Waals surface area contributed by atoms with Gasteiger partial charge in [0.05, 0.1) is 11.9 Å². The van der Waals surface area contributed by atoms with Crippen LogP contribution in [0.15, 0.2) is 54.9 Å². The number of aromatic nitrogens is 3. The number of rotatable bonds is 5. The maximum Gasteiger partial charge on any atom is 0.224 e. The third-order valence-corrected chi connectivity index (χ3v) is 3.29. The van der Waals surface area contributed by atoms with Crippen LogP contribution in [0, 0.1) is 11.3 Å². The summed E-state index contributed by atoms with van der Waals surface area (Å²) in [6.07, 6.45) is 3.10. The molecule has 1 aromatic carbocycles. The van der Waals surface area contributed by atoms with Crippen molar-refractivity contribution in [2.45, 2.75) is 6.61 Å². The number of hydrogen-bond acceptors (Lipinski definition) is 6. The van der Waals surface area contributed by atoms with E-state index in [9.17, 15) is 0 Å². The fraction of sp³-hybridized carbons (Fsp3) is 0.0588. The van der Waals surface area contributed by atoms with E-state index < -0.39 is 0 Å². The first kappa shape index (κ1) is 15.7. The Morgan fingerprint density at radius 2 is 1.96 bits per heavy atom. The Labute approximate surface area is 143 Å². The molecule has 0 aliphatic heterocycles. The lowest BCUT2D eigenvalue weighted by Crippen LogP contribution is -2.00. The molecule has 0 saturated carbocycles. The maximum absolute atomic E-state index is 9.07. The van der Waals surface area contributed by atoms with E-state index in [0.717, 1.165) is 11.4 Å². The lowest BCUT2D eigenvalue weighted by atomic mass is 10.2. The molecule has 3 rings (SSSR count). The zero-order chi connectivity index (χ0) is 16.8. The van der Waals surface area contributed by atoms with Crippen molar-refractivity contribution in [1.29, 1.82) is 5.26 Å². The molecule has 0 fully saturated rings. The molecule has 0 bridgehead atoms. The third-order valence-electron chi connectivity index (χ3n) is 3.11. The highest BCUT2D eigenvalue weighted by molar-refractivity contribution is 6.28. The molecule has 0 unspecified atom stereocenters. The van der Waals surface area contributed by atoms with Crippen LogP contribution >= 0.6 is 11.6 Å². The minimum Gasteiger partial charge on any atom is -0.487 e. The minimum atomic E-state index is 0.0758. The van der Waals surface area contributed by atoms with Crippen LogP contribution in [0.4, 0.5) is 11.5 Å². The molecule has 0 aliphatic rings. The van der Waals surface area contributed by atoms with Crippen molar-refractivity contribution in [3.63, 3.8) is 0 Å². The second-order valence-corrected chi connectivity index (χ2v) is 5.11. The highest BCUT2D eigenvalue weighted by atomic mass is 35.5. The summed E-state index contributed by atoms with van der Waals surface area (Å²) in [5, 5.41) is 12.2. The third kappa shape index (κ3) is 3.97. The molecule has 0 spiro atoms. The fourth-order valence-corrected chi connectivity index (χ4v) is 2.08. The van der Waals surface area contributed by atoms with Crippen molar-refractivity contribution < 1.29 is 4.74 Å². The summed E-state index contributed by atoms with van der Waals surface area (Å²) >= 11 is 5.77. The van der Waals surface area contributed by atoms with Crippen molar-refractivity contribution >= 4 is 23.1 Å². The van der Waals surface area contributed by atoms with Crippen LogP contribution in [0.3, 0.4) is 0 Å². The van der Waals surface area contributed by atoms with Crippen molar-refractivity contribution in [1.82, 2.24) is 15.0 Å². The molecular weight excluding hydrogens is 326 g/mol. The molecule has 3 aromatic rings. The Kier molecular flexibility index (Phi) is 4.84. The number of nitriles is 1. The number of benzene rings is 1. The first-order chi connectivity index (χ1) is 11.7. The smallest absolute Gasteiger partial charge is 0.224 e. The topological polar surface area (TPSA) is 83.7 Å². The summed E-state index contributed by atoms with van der Waals surface area (Å²) in [4.78, 5) is 12.0. The normalized spacial score (nSPS) is 10.0. The molecule has 6 nitrogen and oxygen atoms in total. The van der Waals surface area contributed by atoms with Gasteiger partial charge in [-0.2, -0.15) is 10.2 Å². The average Bonchev–Trinajstić information content (AvgIpc) is 2.62. The summed E-state index contributed by atoms with van der Waals surface area (Å²) in [6, 6.07) is 15.0. The van der Waals surface area contributed by atoms with Gasteiger partial charge in [-0.15, -0.1) is 0 Å². The van der Waals surface area contributed by atoms with Crippen LogP contribution in [-0.2, 0) is 6.61 Å². The molecule has 0 atom stereocenters. The van der Waals surface area contributed by atoms with E-state index in [0.29, 0.717) is 23.7 Å². The van der Waals surface area contributed by atoms with Gasteiger partial charge in [0.25, 0.3) is 0 Å². The van der Waals surface area contributed by atoms with Gasteiger partial charge in [0.15, 0.2) is 5.82 Å². The minimum absolute atomic E-state index is 0.0758. The van der Waals surface area contributed by atoms with Gasteiger partial charge in [-0.25, -0.2) is 4.98 Å². The number of anilines is 2. The Hall–Kier alpha value is -3.17. The molecule has 0 saturated heterocycles. The zero-order valence-electron chi connectivity index (χ0n) is 12.5. The van der Waals surface area contributed by atoms with Gasteiger partial charge >= 0.3 is 0 Å². The molecular formula is C17H12ClN5O. The summed E-state index contributed by atoms with van der Waals surface area (Å²) in [6.45, 7) is 0.397. The molecule has 2 heterocycles. The number of hydrogen-bond donors (Lipinski definition) is 1. The lowest BCUT2D eigenvalue weighted by Gasteiger charge is -2.09. The van der Waals surface area contributed by atoms with Gasteiger partial charge in [0.2, 0.25) is 5.28 Å². The Morgan fingerprint density at radius 1 is 1.12 bits per heavy atom. The van der Waals surface area contributed by atoms with Gasteiger partial charge < -0.3 is 10.1 Å². The predicted molar refractivity (Wildman–Crippen MR) is 90.1 cm³/mol. The average molecular weight is 338 g/mol. The predicted octanol–water partition coefficient (Wildman–Crippen LogP) is 3.72. The van der Waals surface area contributed by atoms with E-state index in [1.807, 2.05) is 48.5 Å². The van der Waals surface area contributed by atoms with Crippen molar-refractivity contribution in [3.05, 3.63) is 71.4 Å². The van der Waals surface area contributed by atoms with E-state index in [2.05, 4.69) is 20.3 Å². The molecule has 2 aromatic heterocycles. The van der Waals surface area contributed by atoms with Gasteiger partial charge in [-0.3, -0.25) is 4.98 Å². The first-order valence-electron chi connectivity index (χ1n) is 7.07. The fourth-order valence-electron chi connectivity index (χ4n) is 1.95. The second kappa shape index (κ2) is 7.40. The Bertz CT molecular complexity index is 862. The van der Waals surface area contributed by atoms with E-state index >= 15 is 0 Å². The van der Waals surface area contributed by atoms with E-state index in [-0.39, 0.29) is 5.28 Å². The lowest BCUT2D eigenvalue weighted by molar-refractivity contribution is 0.301. The monoisotopic (exact) mass is 337 g/mol. The SMILES string of the molecule is N#Cc1cnc(Cl)nc1Nc1ccc(OCc2ccccn2)cc1. The summed E-state index contributed by atoms with van der Waals surface area (Å²) in [7, 11) is 0. The number of nitrogens with one attached hydrogen (secondary N) is 1. The number of ether oxygens (including phenoxy) is 1. The number of pyridine rings is 1. The maximum atomic E-state index is 9.07. The highest BCUT2D eigenvalue weighted by Crippen LogP contribution is 2.22. The Balaban J connectivity index is 1.67. The molecule has 7 heteroatoms. The van der Waals surface area contributed by atoms with Gasteiger partial charge in [0, 0.05) is 11.9 Å². The van der Waals surface area contributed by atoms with E-state index in [1.165, 1.54) is 6.20 Å². The molecule has 0 aliphatic carbocycles. The van der Waals surface area contributed by atoms with Gasteiger partial charge in [-0.1, -0.05) is 6.07 Å². The largest absolute Gasteiger partial charge is 0.487 e. The number of nitrogens with zero attached hydrogens (tertiary/aromatic N) is 4. The van der Waals surface area contributed by atoms with Gasteiger partial charge in [-0.05, 0) is 48.0 Å². The summed E-state index contributed by atoms with van der Waals surface area (Å²) in [5.74, 6) is 1.08. The molecule has 0 amide bonds. The first-order valence-corrected chi connectivity index (χ1v) is 7.45. The standard InChI is InChI=1S/C17H12ClN5O/c18-17-21-10-12(9-19)16(23-17)22-13-4-6-15(7-5-13)24-11-14-3-1-2-8-20-14/h1-8,10H,11H2,(H,21,22,23). The van der Waals surface area contributed by atoms with Crippen LogP contribution in [0.2, 0.25) is 5.28 Å². The molecule has 0 radical (unpaired) electrons. The van der Waals surface area contributed by atoms with Crippen LogP contribution in [0.5, 0.6) is 5.75 Å². The molecule has 24 heavy (non-hydrogen) atoms. The van der Waals surface area contributed by atoms with E-state index in [1.54, 1.807) is 6.20 Å². The number of halogens is 1. The van der Waals surface area contributed by atoms with Crippen molar-refractivity contribution in [2.24, 2.45) is 0 Å². The van der Waals surface area contributed by atoms with Crippen molar-refractivity contribution in [2.75, 3.05) is 5.32 Å². The van der Waals surface area contributed by atoms with Crippen molar-refractivity contribution in [3.8, 4) is 11.8 Å². The summed E-state index contributed by atoms with van der Waals surface area (Å²) in [5.41, 5.74) is 1.93. The van der Waals surface area contributed by atoms with Crippen LogP contribution in [0.1, 0.15) is 11.3 Å². The molecule has 118 valence electrons. The highest BCUT2D eigenvalue weighted by Gasteiger charge is 2.06. The quantitative estimate of drug-likeness (QED) is 0.714. The summed E-state index contributed by atoms with van der Waals surface area (Å²) < 4.78 is 5.67. The van der Waals surface area contributed by atoms with Crippen LogP contribution in [0.25, 0.3) is 0 Å².